The molecule has 7 heteroatoms. The van der Waals surface area contributed by atoms with Gasteiger partial charge in [-0.3, -0.25) is 4.68 Å². The smallest absolute Gasteiger partial charge is 0.194 e. The van der Waals surface area contributed by atoms with Crippen molar-refractivity contribution in [3.05, 3.63) is 53.3 Å². The molecule has 0 saturated carbocycles. The van der Waals surface area contributed by atoms with Gasteiger partial charge in [-0.1, -0.05) is 24.3 Å². The second-order valence-corrected chi connectivity index (χ2v) is 7.48. The molecule has 1 fully saturated rings. The van der Waals surface area contributed by atoms with Gasteiger partial charge < -0.3 is 19.9 Å². The highest BCUT2D eigenvalue weighted by Gasteiger charge is 2.25. The highest BCUT2D eigenvalue weighted by atomic mass is 16.5. The Labute approximate surface area is 168 Å². The average Bonchev–Trinajstić information content (AvgIpc) is 3.12. The van der Waals surface area contributed by atoms with Crippen molar-refractivity contribution >= 4 is 5.96 Å². The number of benzene rings is 1. The molecule has 3 rings (SSSR count). The summed E-state index contributed by atoms with van der Waals surface area (Å²) in [6.45, 7) is 6.86. The van der Waals surface area contributed by atoms with E-state index in [0.29, 0.717) is 13.2 Å². The normalized spacial score (nSPS) is 18.0. The number of nitrogens with one attached hydrogen (secondary N) is 1. The van der Waals surface area contributed by atoms with Crippen molar-refractivity contribution in [1.82, 2.24) is 24.9 Å². The van der Waals surface area contributed by atoms with E-state index in [0.717, 1.165) is 37.7 Å². The fourth-order valence-corrected chi connectivity index (χ4v) is 3.36. The zero-order chi connectivity index (χ0) is 19.9. The minimum Gasteiger partial charge on any atom is -0.370 e. The van der Waals surface area contributed by atoms with E-state index in [1.165, 1.54) is 11.1 Å². The molecule has 0 aliphatic carbocycles. The molecule has 2 aromatic rings. The molecule has 7 nitrogen and oxygen atoms in total. The molecule has 1 saturated heterocycles. The summed E-state index contributed by atoms with van der Waals surface area (Å²) in [6, 6.07) is 8.71. The third-order valence-corrected chi connectivity index (χ3v) is 4.73. The van der Waals surface area contributed by atoms with Gasteiger partial charge in [0, 0.05) is 38.4 Å². The second kappa shape index (κ2) is 9.71. The molecule has 1 N–H and O–H groups in total. The number of aromatic nitrogens is 2. The molecule has 28 heavy (non-hydrogen) atoms. The van der Waals surface area contributed by atoms with Crippen LogP contribution in [0.3, 0.4) is 0 Å². The maximum Gasteiger partial charge on any atom is 0.194 e. The first kappa shape index (κ1) is 20.4. The molecule has 0 bridgehead atoms. The quantitative estimate of drug-likeness (QED) is 0.610. The minimum atomic E-state index is 0.0247. The first-order valence-corrected chi connectivity index (χ1v) is 9.91. The summed E-state index contributed by atoms with van der Waals surface area (Å²) >= 11 is 0. The van der Waals surface area contributed by atoms with Crippen molar-refractivity contribution in [2.75, 3.05) is 40.3 Å². The Hall–Kier alpha value is -2.38. The minimum absolute atomic E-state index is 0.0247. The van der Waals surface area contributed by atoms with Gasteiger partial charge in [-0.25, -0.2) is 4.99 Å². The van der Waals surface area contributed by atoms with E-state index in [1.807, 2.05) is 24.1 Å². The van der Waals surface area contributed by atoms with Gasteiger partial charge in [-0.2, -0.15) is 5.10 Å². The van der Waals surface area contributed by atoms with Crippen LogP contribution in [-0.2, 0) is 24.9 Å². The van der Waals surface area contributed by atoms with Gasteiger partial charge >= 0.3 is 0 Å². The van der Waals surface area contributed by atoms with E-state index in [2.05, 4.69) is 65.5 Å². The van der Waals surface area contributed by atoms with Gasteiger partial charge in [0.15, 0.2) is 5.96 Å². The fraction of sp³-hybridized carbons (Fsp3) is 0.524. The maximum absolute atomic E-state index is 5.96. The third-order valence-electron chi connectivity index (χ3n) is 4.73. The Bertz CT molecular complexity index is 767. The number of hydrogen-bond donors (Lipinski definition) is 1. The lowest BCUT2D eigenvalue weighted by atomic mass is 10.1. The third kappa shape index (κ3) is 5.56. The number of morpholine rings is 1. The number of aryl methyl sites for hydroxylation is 1. The van der Waals surface area contributed by atoms with Crippen molar-refractivity contribution in [3.8, 4) is 0 Å². The molecule has 2 heterocycles. The van der Waals surface area contributed by atoms with Crippen LogP contribution in [0.4, 0.5) is 0 Å². The van der Waals surface area contributed by atoms with Crippen molar-refractivity contribution < 1.29 is 4.74 Å². The fourth-order valence-electron chi connectivity index (χ4n) is 3.36. The lowest BCUT2D eigenvalue weighted by molar-refractivity contribution is -0.00805. The van der Waals surface area contributed by atoms with Gasteiger partial charge in [-0.15, -0.1) is 0 Å². The second-order valence-electron chi connectivity index (χ2n) is 7.48. The molecule has 1 atom stereocenters. The van der Waals surface area contributed by atoms with Gasteiger partial charge in [-0.05, 0) is 32.1 Å². The lowest BCUT2D eigenvalue weighted by Crippen LogP contribution is -2.48. The van der Waals surface area contributed by atoms with Crippen LogP contribution in [0.15, 0.2) is 41.7 Å². The monoisotopic (exact) mass is 384 g/mol. The van der Waals surface area contributed by atoms with Crippen LogP contribution < -0.4 is 5.32 Å². The number of guanidine groups is 1. The number of aliphatic imine (C=N–C) groups is 1. The van der Waals surface area contributed by atoms with Crippen LogP contribution >= 0.6 is 0 Å². The zero-order valence-electron chi connectivity index (χ0n) is 17.4. The largest absolute Gasteiger partial charge is 0.370 e. The Balaban J connectivity index is 1.66. The molecule has 1 aromatic heterocycles. The predicted molar refractivity (Wildman–Crippen MR) is 112 cm³/mol. The Morgan fingerprint density at radius 3 is 2.68 bits per heavy atom. The van der Waals surface area contributed by atoms with Gasteiger partial charge in [0.1, 0.15) is 6.10 Å². The summed E-state index contributed by atoms with van der Waals surface area (Å²) in [6.07, 6.45) is 3.93. The standard InChI is InChI=1S/C21H32N6O/c1-5-22-21(23-12-17-6-8-18(9-7-17)14-25(2)3)27-10-11-28-20(16-27)19-13-24-26(4)15-19/h6-9,13,15,20H,5,10-12,14,16H2,1-4H3,(H,22,23). The van der Waals surface area contributed by atoms with E-state index < -0.39 is 0 Å². The number of ether oxygens (including phenoxy) is 1. The summed E-state index contributed by atoms with van der Waals surface area (Å²) in [5.74, 6) is 0.942. The average molecular weight is 385 g/mol. The SMILES string of the molecule is CCNC(=NCc1ccc(CN(C)C)cc1)N1CCOC(c2cnn(C)c2)C1. The van der Waals surface area contributed by atoms with Crippen LogP contribution in [0.2, 0.25) is 0 Å². The summed E-state index contributed by atoms with van der Waals surface area (Å²) in [5, 5.41) is 7.70. The molecule has 1 unspecified atom stereocenters. The van der Waals surface area contributed by atoms with Crippen molar-refractivity contribution in [2.45, 2.75) is 26.1 Å². The van der Waals surface area contributed by atoms with Crippen LogP contribution in [0.1, 0.15) is 29.7 Å². The van der Waals surface area contributed by atoms with E-state index >= 15 is 0 Å². The predicted octanol–water partition coefficient (Wildman–Crippen LogP) is 2.02. The van der Waals surface area contributed by atoms with Gasteiger partial charge in [0.25, 0.3) is 0 Å². The Kier molecular flexibility index (Phi) is 7.06. The van der Waals surface area contributed by atoms with Crippen LogP contribution in [0.5, 0.6) is 0 Å². The summed E-state index contributed by atoms with van der Waals surface area (Å²) < 4.78 is 7.78. The van der Waals surface area contributed by atoms with E-state index in [9.17, 15) is 0 Å². The maximum atomic E-state index is 5.96. The highest BCUT2D eigenvalue weighted by molar-refractivity contribution is 5.80. The van der Waals surface area contributed by atoms with Crippen molar-refractivity contribution in [2.24, 2.45) is 12.0 Å². The Morgan fingerprint density at radius 2 is 2.04 bits per heavy atom. The highest BCUT2D eigenvalue weighted by Crippen LogP contribution is 2.21. The van der Waals surface area contributed by atoms with Gasteiger partial charge in [0.05, 0.1) is 25.9 Å². The molecule has 1 aliphatic rings. The molecule has 152 valence electrons. The topological polar surface area (TPSA) is 57.9 Å². The molecule has 0 amide bonds. The molecule has 0 radical (unpaired) electrons. The van der Waals surface area contributed by atoms with Crippen LogP contribution in [0, 0.1) is 0 Å². The van der Waals surface area contributed by atoms with Crippen molar-refractivity contribution in [3.63, 3.8) is 0 Å². The van der Waals surface area contributed by atoms with E-state index in [1.54, 1.807) is 0 Å². The van der Waals surface area contributed by atoms with Crippen molar-refractivity contribution in [1.29, 1.82) is 0 Å². The molecule has 1 aliphatic heterocycles. The first-order chi connectivity index (χ1) is 13.5. The number of nitrogens with zero attached hydrogens (tertiary/aromatic N) is 5. The van der Waals surface area contributed by atoms with E-state index in [-0.39, 0.29) is 6.10 Å². The number of hydrogen-bond acceptors (Lipinski definition) is 4. The van der Waals surface area contributed by atoms with Crippen LogP contribution in [0.25, 0.3) is 0 Å². The first-order valence-electron chi connectivity index (χ1n) is 9.91. The summed E-state index contributed by atoms with van der Waals surface area (Å²) in [7, 11) is 6.10. The Morgan fingerprint density at radius 1 is 1.29 bits per heavy atom. The van der Waals surface area contributed by atoms with Crippen LogP contribution in [-0.4, -0.2) is 65.9 Å². The molecular weight excluding hydrogens is 352 g/mol. The number of rotatable bonds is 6. The molecule has 0 spiro atoms. The molecular formula is C21H32N6O. The lowest BCUT2D eigenvalue weighted by Gasteiger charge is -2.34. The van der Waals surface area contributed by atoms with E-state index in [4.69, 9.17) is 9.73 Å². The zero-order valence-corrected chi connectivity index (χ0v) is 17.4. The van der Waals surface area contributed by atoms with Gasteiger partial charge in [0.2, 0.25) is 0 Å². The summed E-state index contributed by atoms with van der Waals surface area (Å²) in [4.78, 5) is 9.33. The summed E-state index contributed by atoms with van der Waals surface area (Å²) in [5.41, 5.74) is 3.65. The molecule has 1 aromatic carbocycles.